The molecule has 0 radical (unpaired) electrons. The van der Waals surface area contributed by atoms with Crippen LogP contribution in [0.1, 0.15) is 0 Å². The molecule has 2 aromatic rings. The van der Waals surface area contributed by atoms with Crippen LogP contribution in [-0.4, -0.2) is 12.2 Å². The van der Waals surface area contributed by atoms with Gasteiger partial charge in [0.1, 0.15) is 5.75 Å². The van der Waals surface area contributed by atoms with Crippen LogP contribution < -0.4 is 4.74 Å². The molecule has 0 spiro atoms. The first-order chi connectivity index (χ1) is 6.24. The summed E-state index contributed by atoms with van der Waals surface area (Å²) < 4.78 is 18.7. The molecule has 68 valence electrons. The molecular weight excluding hydrogens is 191 g/mol. The standard InChI is InChI=1S/C9H7FO2S/c1-12-8-6(10)4-7(11)5-2-3-13-9(5)8/h2-4,11H,1H3. The summed E-state index contributed by atoms with van der Waals surface area (Å²) in [5.41, 5.74) is 0. The van der Waals surface area contributed by atoms with Crippen LogP contribution >= 0.6 is 11.3 Å². The quantitative estimate of drug-likeness (QED) is 0.763. The SMILES string of the molecule is COc1c(F)cc(O)c2ccsc12. The second kappa shape index (κ2) is 2.88. The highest BCUT2D eigenvalue weighted by Gasteiger charge is 2.12. The zero-order valence-corrected chi connectivity index (χ0v) is 7.69. The normalized spacial score (nSPS) is 10.6. The van der Waals surface area contributed by atoms with Crippen molar-refractivity contribution in [1.82, 2.24) is 0 Å². The number of hydrogen-bond donors (Lipinski definition) is 1. The molecule has 0 aliphatic heterocycles. The molecule has 2 rings (SSSR count). The Kier molecular flexibility index (Phi) is 1.84. The number of ether oxygens (including phenoxy) is 1. The first-order valence-corrected chi connectivity index (χ1v) is 4.54. The van der Waals surface area contributed by atoms with Crippen LogP contribution in [0, 0.1) is 5.82 Å². The van der Waals surface area contributed by atoms with E-state index < -0.39 is 5.82 Å². The van der Waals surface area contributed by atoms with Gasteiger partial charge in [-0.2, -0.15) is 0 Å². The summed E-state index contributed by atoms with van der Waals surface area (Å²) >= 11 is 1.34. The van der Waals surface area contributed by atoms with Crippen LogP contribution in [0.4, 0.5) is 4.39 Å². The molecule has 1 N–H and O–H groups in total. The molecule has 0 atom stereocenters. The lowest BCUT2D eigenvalue weighted by Crippen LogP contribution is -1.87. The van der Waals surface area contributed by atoms with Gasteiger partial charge in [-0.25, -0.2) is 4.39 Å². The highest BCUT2D eigenvalue weighted by Crippen LogP contribution is 2.38. The molecule has 1 aromatic carbocycles. The first-order valence-electron chi connectivity index (χ1n) is 3.66. The van der Waals surface area contributed by atoms with Crippen LogP contribution in [0.5, 0.6) is 11.5 Å². The lowest BCUT2D eigenvalue weighted by atomic mass is 10.2. The van der Waals surface area contributed by atoms with E-state index in [-0.39, 0.29) is 11.5 Å². The molecule has 13 heavy (non-hydrogen) atoms. The molecule has 0 aliphatic carbocycles. The van der Waals surface area contributed by atoms with E-state index in [4.69, 9.17) is 4.74 Å². The van der Waals surface area contributed by atoms with Crippen molar-refractivity contribution in [1.29, 1.82) is 0 Å². The summed E-state index contributed by atoms with van der Waals surface area (Å²) in [6, 6.07) is 2.80. The molecule has 0 bridgehead atoms. The van der Waals surface area contributed by atoms with E-state index in [1.807, 2.05) is 0 Å². The van der Waals surface area contributed by atoms with Gasteiger partial charge in [-0.1, -0.05) is 0 Å². The lowest BCUT2D eigenvalue weighted by Gasteiger charge is -2.03. The highest BCUT2D eigenvalue weighted by atomic mass is 32.1. The second-order valence-corrected chi connectivity index (χ2v) is 3.49. The average Bonchev–Trinajstić information content (AvgIpc) is 2.53. The van der Waals surface area contributed by atoms with Gasteiger partial charge in [-0.05, 0) is 11.4 Å². The Labute approximate surface area is 78.2 Å². The van der Waals surface area contributed by atoms with Crippen molar-refractivity contribution >= 4 is 21.4 Å². The zero-order chi connectivity index (χ0) is 9.42. The van der Waals surface area contributed by atoms with Gasteiger partial charge in [0, 0.05) is 11.5 Å². The van der Waals surface area contributed by atoms with Gasteiger partial charge in [-0.15, -0.1) is 11.3 Å². The van der Waals surface area contributed by atoms with Crippen LogP contribution in [0.15, 0.2) is 17.5 Å². The number of phenolic OH excluding ortho intramolecular Hbond substituents is 1. The summed E-state index contributed by atoms with van der Waals surface area (Å²) in [5.74, 6) is -0.382. The van der Waals surface area contributed by atoms with Crippen LogP contribution in [0.3, 0.4) is 0 Å². The molecule has 0 amide bonds. The van der Waals surface area contributed by atoms with Gasteiger partial charge in [0.05, 0.1) is 11.8 Å². The summed E-state index contributed by atoms with van der Waals surface area (Å²) in [6.45, 7) is 0. The van der Waals surface area contributed by atoms with Gasteiger partial charge in [0.15, 0.2) is 11.6 Å². The Morgan fingerprint density at radius 3 is 3.00 bits per heavy atom. The smallest absolute Gasteiger partial charge is 0.172 e. The van der Waals surface area contributed by atoms with Crippen molar-refractivity contribution in [2.75, 3.05) is 7.11 Å². The van der Waals surface area contributed by atoms with Crippen molar-refractivity contribution in [3.63, 3.8) is 0 Å². The second-order valence-electron chi connectivity index (χ2n) is 2.57. The Balaban J connectivity index is 2.88. The zero-order valence-electron chi connectivity index (χ0n) is 6.87. The molecule has 0 saturated heterocycles. The van der Waals surface area contributed by atoms with Gasteiger partial charge in [0.25, 0.3) is 0 Å². The number of phenols is 1. The average molecular weight is 198 g/mol. The summed E-state index contributed by atoms with van der Waals surface area (Å²) in [6.07, 6.45) is 0. The molecule has 0 aliphatic rings. The van der Waals surface area contributed by atoms with E-state index in [0.717, 1.165) is 6.07 Å². The maximum absolute atomic E-state index is 13.2. The largest absolute Gasteiger partial charge is 0.507 e. The number of methoxy groups -OCH3 is 1. The van der Waals surface area contributed by atoms with Crippen LogP contribution in [0.2, 0.25) is 0 Å². The maximum Gasteiger partial charge on any atom is 0.172 e. The lowest BCUT2D eigenvalue weighted by molar-refractivity contribution is 0.389. The Morgan fingerprint density at radius 1 is 1.54 bits per heavy atom. The molecular formula is C9H7FO2S. The fourth-order valence-electron chi connectivity index (χ4n) is 1.25. The minimum Gasteiger partial charge on any atom is -0.507 e. The molecule has 2 nitrogen and oxygen atoms in total. The summed E-state index contributed by atoms with van der Waals surface area (Å²) in [5, 5.41) is 11.8. The number of benzene rings is 1. The third kappa shape index (κ3) is 1.14. The molecule has 0 saturated carbocycles. The highest BCUT2D eigenvalue weighted by molar-refractivity contribution is 7.17. The molecule has 4 heteroatoms. The van der Waals surface area contributed by atoms with Crippen LogP contribution in [-0.2, 0) is 0 Å². The summed E-state index contributed by atoms with van der Waals surface area (Å²) in [7, 11) is 1.41. The van der Waals surface area contributed by atoms with E-state index in [1.165, 1.54) is 18.4 Å². The number of hydrogen-bond acceptors (Lipinski definition) is 3. The monoisotopic (exact) mass is 198 g/mol. The van der Waals surface area contributed by atoms with Gasteiger partial charge < -0.3 is 9.84 Å². The van der Waals surface area contributed by atoms with Crippen molar-refractivity contribution in [3.8, 4) is 11.5 Å². The molecule has 0 unspecified atom stereocenters. The first kappa shape index (κ1) is 8.31. The van der Waals surface area contributed by atoms with Gasteiger partial charge >= 0.3 is 0 Å². The Morgan fingerprint density at radius 2 is 2.31 bits per heavy atom. The number of fused-ring (bicyclic) bond motifs is 1. The topological polar surface area (TPSA) is 29.5 Å². The maximum atomic E-state index is 13.2. The van der Waals surface area contributed by atoms with Gasteiger partial charge in [-0.3, -0.25) is 0 Å². The minimum atomic E-state index is -0.532. The van der Waals surface area contributed by atoms with Crippen molar-refractivity contribution in [2.24, 2.45) is 0 Å². The number of rotatable bonds is 1. The van der Waals surface area contributed by atoms with Crippen molar-refractivity contribution in [3.05, 3.63) is 23.3 Å². The third-order valence-electron chi connectivity index (χ3n) is 1.83. The fourth-order valence-corrected chi connectivity index (χ4v) is 2.18. The molecule has 1 aromatic heterocycles. The van der Waals surface area contributed by atoms with Crippen LogP contribution in [0.25, 0.3) is 10.1 Å². The van der Waals surface area contributed by atoms with Crippen molar-refractivity contribution < 1.29 is 14.2 Å². The number of halogens is 1. The Bertz CT molecular complexity index is 450. The number of thiophene rings is 1. The van der Waals surface area contributed by atoms with Gasteiger partial charge in [0.2, 0.25) is 0 Å². The minimum absolute atomic E-state index is 0.0467. The number of aromatic hydroxyl groups is 1. The molecule has 0 fully saturated rings. The fraction of sp³-hybridized carbons (Fsp3) is 0.111. The van der Waals surface area contributed by atoms with E-state index in [9.17, 15) is 9.50 Å². The predicted octanol–water partition coefficient (Wildman–Crippen LogP) is 2.75. The van der Waals surface area contributed by atoms with E-state index in [0.29, 0.717) is 10.1 Å². The van der Waals surface area contributed by atoms with E-state index in [1.54, 1.807) is 11.4 Å². The molecule has 1 heterocycles. The third-order valence-corrected chi connectivity index (χ3v) is 2.75. The predicted molar refractivity (Wildman–Crippen MR) is 50.0 cm³/mol. The van der Waals surface area contributed by atoms with E-state index in [2.05, 4.69) is 0 Å². The summed E-state index contributed by atoms with van der Waals surface area (Å²) in [4.78, 5) is 0. The Hall–Kier alpha value is -1.29. The van der Waals surface area contributed by atoms with Crippen molar-refractivity contribution in [2.45, 2.75) is 0 Å². The van der Waals surface area contributed by atoms with E-state index >= 15 is 0 Å².